The van der Waals surface area contributed by atoms with Crippen LogP contribution in [0.15, 0.2) is 53.4 Å². The van der Waals surface area contributed by atoms with Crippen molar-refractivity contribution in [2.45, 2.75) is 51.0 Å². The van der Waals surface area contributed by atoms with Crippen LogP contribution in [0.2, 0.25) is 0 Å². The Bertz CT molecular complexity index is 1070. The lowest BCUT2D eigenvalue weighted by Crippen LogP contribution is -2.46. The van der Waals surface area contributed by atoms with Gasteiger partial charge in [0, 0.05) is 36.8 Å². The van der Waals surface area contributed by atoms with Gasteiger partial charge in [0.25, 0.3) is 15.9 Å². The minimum absolute atomic E-state index is 0.00781. The van der Waals surface area contributed by atoms with Crippen LogP contribution in [0.1, 0.15) is 50.4 Å². The Balaban J connectivity index is 1.53. The summed E-state index contributed by atoms with van der Waals surface area (Å²) in [7, 11) is -3.76. The lowest BCUT2D eigenvalue weighted by atomic mass is 10.0. The SMILES string of the molecule is CCOc1ccc(S(=O)(=O)Nc2ccc(C(=O)NC3CCN(C(=O)CC(C)C)CC3)cc2)cc1. The Morgan fingerprint density at radius 1 is 1.03 bits per heavy atom. The van der Waals surface area contributed by atoms with Crippen molar-refractivity contribution in [3.05, 3.63) is 54.1 Å². The number of sulfonamides is 1. The second-order valence-corrected chi connectivity index (χ2v) is 10.5. The van der Waals surface area contributed by atoms with Gasteiger partial charge in [-0.3, -0.25) is 14.3 Å². The quantitative estimate of drug-likeness (QED) is 0.562. The van der Waals surface area contributed by atoms with Crippen LogP contribution in [0.4, 0.5) is 5.69 Å². The van der Waals surface area contributed by atoms with Crippen LogP contribution < -0.4 is 14.8 Å². The van der Waals surface area contributed by atoms with Crippen molar-refractivity contribution >= 4 is 27.5 Å². The molecule has 2 aromatic carbocycles. The molecule has 1 aliphatic rings. The van der Waals surface area contributed by atoms with Crippen LogP contribution in [-0.2, 0) is 14.8 Å². The maximum absolute atomic E-state index is 12.6. The van der Waals surface area contributed by atoms with Gasteiger partial charge in [0.15, 0.2) is 0 Å². The number of benzene rings is 2. The molecular formula is C25H33N3O5S. The summed E-state index contributed by atoms with van der Waals surface area (Å²) in [4.78, 5) is 26.8. The number of hydrogen-bond acceptors (Lipinski definition) is 5. The summed E-state index contributed by atoms with van der Waals surface area (Å²) in [5.74, 6) is 0.888. The number of amides is 2. The van der Waals surface area contributed by atoms with E-state index < -0.39 is 10.0 Å². The summed E-state index contributed by atoms with van der Waals surface area (Å²) < 4.78 is 33.1. The van der Waals surface area contributed by atoms with Gasteiger partial charge in [-0.25, -0.2) is 8.42 Å². The number of nitrogens with zero attached hydrogens (tertiary/aromatic N) is 1. The molecule has 0 aliphatic carbocycles. The van der Waals surface area contributed by atoms with E-state index in [-0.39, 0.29) is 22.8 Å². The summed E-state index contributed by atoms with van der Waals surface area (Å²) in [5, 5.41) is 3.02. The zero-order chi connectivity index (χ0) is 24.7. The third-order valence-corrected chi connectivity index (χ3v) is 7.01. The number of likely N-dealkylation sites (tertiary alicyclic amines) is 1. The predicted octanol–water partition coefficient (Wildman–Crippen LogP) is 3.65. The highest BCUT2D eigenvalue weighted by Crippen LogP contribution is 2.20. The van der Waals surface area contributed by atoms with Crippen LogP contribution in [0.25, 0.3) is 0 Å². The molecule has 184 valence electrons. The van der Waals surface area contributed by atoms with Gasteiger partial charge in [-0.05, 0) is 74.2 Å². The van der Waals surface area contributed by atoms with Gasteiger partial charge in [0.05, 0.1) is 11.5 Å². The summed E-state index contributed by atoms with van der Waals surface area (Å²) in [6.45, 7) is 7.70. The van der Waals surface area contributed by atoms with E-state index in [2.05, 4.69) is 10.0 Å². The fourth-order valence-corrected chi connectivity index (χ4v) is 4.86. The highest BCUT2D eigenvalue weighted by molar-refractivity contribution is 7.92. The minimum atomic E-state index is -3.76. The molecule has 0 saturated carbocycles. The van der Waals surface area contributed by atoms with E-state index >= 15 is 0 Å². The van der Waals surface area contributed by atoms with E-state index in [1.807, 2.05) is 25.7 Å². The standard InChI is InChI=1S/C25H33N3O5S/c1-4-33-22-9-11-23(12-10-22)34(31,32)27-21-7-5-19(6-8-21)25(30)26-20-13-15-28(16-14-20)24(29)17-18(2)3/h5-12,18,20,27H,4,13-17H2,1-3H3,(H,26,30). The first-order chi connectivity index (χ1) is 16.2. The Morgan fingerprint density at radius 2 is 1.65 bits per heavy atom. The zero-order valence-electron chi connectivity index (χ0n) is 19.9. The smallest absolute Gasteiger partial charge is 0.261 e. The number of anilines is 1. The average Bonchev–Trinajstić information content (AvgIpc) is 2.80. The van der Waals surface area contributed by atoms with Crippen molar-refractivity contribution < 1.29 is 22.7 Å². The second kappa shape index (κ2) is 11.4. The van der Waals surface area contributed by atoms with E-state index in [1.54, 1.807) is 36.4 Å². The van der Waals surface area contributed by atoms with E-state index in [0.717, 1.165) is 12.8 Å². The fraction of sp³-hybridized carbons (Fsp3) is 0.440. The fourth-order valence-electron chi connectivity index (χ4n) is 3.81. The van der Waals surface area contributed by atoms with Gasteiger partial charge in [0.1, 0.15) is 5.75 Å². The number of ether oxygens (including phenoxy) is 1. The van der Waals surface area contributed by atoms with Crippen molar-refractivity contribution in [2.75, 3.05) is 24.4 Å². The summed E-state index contributed by atoms with van der Waals surface area (Å²) in [5.41, 5.74) is 0.810. The summed E-state index contributed by atoms with van der Waals surface area (Å²) in [6, 6.07) is 12.5. The lowest BCUT2D eigenvalue weighted by Gasteiger charge is -2.32. The molecule has 2 N–H and O–H groups in total. The van der Waals surface area contributed by atoms with Gasteiger partial charge in [-0.2, -0.15) is 0 Å². The molecule has 2 aromatic rings. The first kappa shape index (κ1) is 25.6. The Labute approximate surface area is 201 Å². The van der Waals surface area contributed by atoms with Crippen LogP contribution >= 0.6 is 0 Å². The molecule has 1 aliphatic heterocycles. The predicted molar refractivity (Wildman–Crippen MR) is 131 cm³/mol. The molecule has 1 fully saturated rings. The van der Waals surface area contributed by atoms with Gasteiger partial charge in [0.2, 0.25) is 5.91 Å². The third kappa shape index (κ3) is 6.96. The van der Waals surface area contributed by atoms with Crippen LogP contribution in [0, 0.1) is 5.92 Å². The molecular weight excluding hydrogens is 454 g/mol. The molecule has 2 amide bonds. The zero-order valence-corrected chi connectivity index (χ0v) is 20.7. The number of hydrogen-bond donors (Lipinski definition) is 2. The van der Waals surface area contributed by atoms with Crippen molar-refractivity contribution in [3.8, 4) is 5.75 Å². The molecule has 0 radical (unpaired) electrons. The van der Waals surface area contributed by atoms with Crippen molar-refractivity contribution in [3.63, 3.8) is 0 Å². The largest absolute Gasteiger partial charge is 0.494 e. The molecule has 1 heterocycles. The van der Waals surface area contributed by atoms with E-state index in [1.165, 1.54) is 12.1 Å². The lowest BCUT2D eigenvalue weighted by molar-refractivity contribution is -0.133. The highest BCUT2D eigenvalue weighted by Gasteiger charge is 2.24. The molecule has 0 unspecified atom stereocenters. The third-order valence-electron chi connectivity index (χ3n) is 5.61. The number of carbonyl (C=O) groups is 2. The topological polar surface area (TPSA) is 105 Å². The molecule has 0 spiro atoms. The van der Waals surface area contributed by atoms with E-state index in [4.69, 9.17) is 4.74 Å². The molecule has 9 heteroatoms. The van der Waals surface area contributed by atoms with Crippen molar-refractivity contribution in [2.24, 2.45) is 5.92 Å². The van der Waals surface area contributed by atoms with E-state index in [0.29, 0.717) is 49.0 Å². The van der Waals surface area contributed by atoms with Crippen molar-refractivity contribution in [1.29, 1.82) is 0 Å². The van der Waals surface area contributed by atoms with Gasteiger partial charge < -0.3 is 15.0 Å². The van der Waals surface area contributed by atoms with Crippen LogP contribution in [-0.4, -0.2) is 50.9 Å². The number of piperidine rings is 1. The molecule has 34 heavy (non-hydrogen) atoms. The van der Waals surface area contributed by atoms with Gasteiger partial charge in [-0.15, -0.1) is 0 Å². The first-order valence-corrected chi connectivity index (χ1v) is 13.1. The molecule has 0 atom stereocenters. The average molecular weight is 488 g/mol. The van der Waals surface area contributed by atoms with Gasteiger partial charge >= 0.3 is 0 Å². The van der Waals surface area contributed by atoms with E-state index in [9.17, 15) is 18.0 Å². The van der Waals surface area contributed by atoms with Crippen LogP contribution in [0.3, 0.4) is 0 Å². The molecule has 0 aromatic heterocycles. The first-order valence-electron chi connectivity index (χ1n) is 11.6. The highest BCUT2D eigenvalue weighted by atomic mass is 32.2. The molecule has 0 bridgehead atoms. The van der Waals surface area contributed by atoms with Crippen LogP contribution in [0.5, 0.6) is 5.75 Å². The maximum Gasteiger partial charge on any atom is 0.261 e. The maximum atomic E-state index is 12.6. The number of nitrogens with one attached hydrogen (secondary N) is 2. The Morgan fingerprint density at radius 3 is 2.21 bits per heavy atom. The second-order valence-electron chi connectivity index (χ2n) is 8.81. The normalized spacial score (nSPS) is 14.6. The monoisotopic (exact) mass is 487 g/mol. The molecule has 8 nitrogen and oxygen atoms in total. The summed E-state index contributed by atoms with van der Waals surface area (Å²) in [6.07, 6.45) is 1.98. The Kier molecular flexibility index (Phi) is 8.55. The molecule has 1 saturated heterocycles. The van der Waals surface area contributed by atoms with Crippen molar-refractivity contribution in [1.82, 2.24) is 10.2 Å². The van der Waals surface area contributed by atoms with Gasteiger partial charge in [-0.1, -0.05) is 13.8 Å². The number of rotatable bonds is 9. The summed E-state index contributed by atoms with van der Waals surface area (Å²) >= 11 is 0. The Hall–Kier alpha value is -3.07. The number of carbonyl (C=O) groups excluding carboxylic acids is 2. The molecule has 3 rings (SSSR count). The minimum Gasteiger partial charge on any atom is -0.494 e.